The van der Waals surface area contributed by atoms with E-state index < -0.39 is 5.91 Å². The summed E-state index contributed by atoms with van der Waals surface area (Å²) in [6.45, 7) is -0.179. The van der Waals surface area contributed by atoms with Crippen molar-refractivity contribution in [1.29, 1.82) is 0 Å². The molecule has 3 rings (SSSR count). The monoisotopic (exact) mass is 528 g/mol. The molecule has 0 unspecified atom stereocenters. The van der Waals surface area contributed by atoms with E-state index in [-0.39, 0.29) is 6.61 Å². The molecule has 0 aliphatic rings. The Kier molecular flexibility index (Phi) is 6.76. The van der Waals surface area contributed by atoms with Crippen molar-refractivity contribution in [2.24, 2.45) is 5.10 Å². The molecule has 0 bridgehead atoms. The Labute approximate surface area is 182 Å². The molecule has 0 saturated carbocycles. The van der Waals surface area contributed by atoms with Crippen LogP contribution in [0.1, 0.15) is 5.56 Å². The molecule has 4 nitrogen and oxygen atoms in total. The van der Waals surface area contributed by atoms with Crippen LogP contribution in [-0.4, -0.2) is 18.7 Å². The number of amides is 1. The van der Waals surface area contributed by atoms with Crippen molar-refractivity contribution in [3.05, 3.63) is 73.1 Å². The molecule has 0 aliphatic carbocycles. The van der Waals surface area contributed by atoms with Crippen molar-refractivity contribution < 1.29 is 9.53 Å². The summed E-state index contributed by atoms with van der Waals surface area (Å²) < 4.78 is 7.37. The average Bonchev–Trinajstić information content (AvgIpc) is 2.64. The zero-order valence-electron chi connectivity index (χ0n) is 13.7. The first-order valence-corrected chi connectivity index (χ1v) is 10.1. The van der Waals surface area contributed by atoms with Gasteiger partial charge in [-0.2, -0.15) is 5.10 Å². The normalized spacial score (nSPS) is 11.1. The molecule has 27 heavy (non-hydrogen) atoms. The third kappa shape index (κ3) is 5.02. The van der Waals surface area contributed by atoms with E-state index in [1.807, 2.05) is 24.3 Å². The molecular weight excluding hydrogens is 519 g/mol. The van der Waals surface area contributed by atoms with Gasteiger partial charge in [0.2, 0.25) is 0 Å². The number of rotatable bonds is 5. The van der Waals surface area contributed by atoms with E-state index in [2.05, 4.69) is 42.4 Å². The van der Waals surface area contributed by atoms with Crippen LogP contribution in [0.3, 0.4) is 0 Å². The highest BCUT2D eigenvalue weighted by molar-refractivity contribution is 9.11. The van der Waals surface area contributed by atoms with Gasteiger partial charge in [-0.3, -0.25) is 4.79 Å². The maximum absolute atomic E-state index is 11.9. The molecular formula is C19H12Br2Cl2N2O2. The fourth-order valence-corrected chi connectivity index (χ4v) is 3.67. The molecule has 3 aromatic carbocycles. The van der Waals surface area contributed by atoms with Gasteiger partial charge in [-0.15, -0.1) is 0 Å². The van der Waals surface area contributed by atoms with Crippen LogP contribution in [0.25, 0.3) is 10.8 Å². The van der Waals surface area contributed by atoms with E-state index in [4.69, 9.17) is 27.9 Å². The summed E-state index contributed by atoms with van der Waals surface area (Å²) in [5.74, 6) is 0.175. The second kappa shape index (κ2) is 9.06. The quantitative estimate of drug-likeness (QED) is 0.315. The van der Waals surface area contributed by atoms with Crippen molar-refractivity contribution in [2.45, 2.75) is 0 Å². The molecule has 138 valence electrons. The smallest absolute Gasteiger partial charge is 0.277 e. The lowest BCUT2D eigenvalue weighted by atomic mass is 10.1. The van der Waals surface area contributed by atoms with Gasteiger partial charge in [0.1, 0.15) is 5.75 Å². The molecule has 0 aliphatic heterocycles. The Morgan fingerprint density at radius 3 is 2.78 bits per heavy atom. The molecule has 0 heterocycles. The highest BCUT2D eigenvalue weighted by Gasteiger charge is 2.09. The summed E-state index contributed by atoms with van der Waals surface area (Å²) in [5, 5.41) is 6.71. The lowest BCUT2D eigenvalue weighted by Gasteiger charge is -2.10. The third-order valence-corrected chi connectivity index (χ3v) is 5.76. The van der Waals surface area contributed by atoms with Gasteiger partial charge in [0.25, 0.3) is 5.91 Å². The number of nitrogens with one attached hydrogen (secondary N) is 1. The number of hydrogen-bond donors (Lipinski definition) is 1. The summed E-state index contributed by atoms with van der Waals surface area (Å²) in [5.41, 5.74) is 3.00. The topological polar surface area (TPSA) is 50.7 Å². The van der Waals surface area contributed by atoms with Crippen molar-refractivity contribution in [3.63, 3.8) is 0 Å². The highest BCUT2D eigenvalue weighted by atomic mass is 79.9. The largest absolute Gasteiger partial charge is 0.483 e. The Morgan fingerprint density at radius 1 is 1.15 bits per heavy atom. The van der Waals surface area contributed by atoms with Gasteiger partial charge < -0.3 is 4.74 Å². The Hall–Kier alpha value is -1.60. The summed E-state index contributed by atoms with van der Waals surface area (Å²) in [6, 6.07) is 14.8. The molecule has 0 fully saturated rings. The lowest BCUT2D eigenvalue weighted by molar-refractivity contribution is -0.123. The SMILES string of the molecule is O=C(COc1ccc2cc(Br)ccc2c1Br)NN=Cc1cccc(Cl)c1Cl. The second-order valence-electron chi connectivity index (χ2n) is 5.47. The van der Waals surface area contributed by atoms with E-state index in [9.17, 15) is 4.79 Å². The Morgan fingerprint density at radius 2 is 1.96 bits per heavy atom. The van der Waals surface area contributed by atoms with Crippen LogP contribution in [0.5, 0.6) is 5.75 Å². The summed E-state index contributed by atoms with van der Waals surface area (Å²) in [4.78, 5) is 11.9. The molecule has 3 aromatic rings. The molecule has 0 aromatic heterocycles. The molecule has 0 saturated heterocycles. The minimum absolute atomic E-state index is 0.179. The molecule has 8 heteroatoms. The van der Waals surface area contributed by atoms with Crippen molar-refractivity contribution in [1.82, 2.24) is 5.43 Å². The van der Waals surface area contributed by atoms with Gasteiger partial charge in [-0.05, 0) is 51.0 Å². The van der Waals surface area contributed by atoms with Gasteiger partial charge in [0, 0.05) is 10.0 Å². The number of hydrazone groups is 1. The zero-order chi connectivity index (χ0) is 19.4. The van der Waals surface area contributed by atoms with Crippen molar-refractivity contribution in [3.8, 4) is 5.75 Å². The fourth-order valence-electron chi connectivity index (χ4n) is 2.32. The number of carbonyl (C=O) groups is 1. The predicted octanol–water partition coefficient (Wildman–Crippen LogP) is 6.20. The van der Waals surface area contributed by atoms with E-state index in [1.165, 1.54) is 6.21 Å². The minimum Gasteiger partial charge on any atom is -0.483 e. The lowest BCUT2D eigenvalue weighted by Crippen LogP contribution is -2.24. The van der Waals surface area contributed by atoms with Crippen molar-refractivity contribution in [2.75, 3.05) is 6.61 Å². The number of ether oxygens (including phenoxy) is 1. The molecule has 0 radical (unpaired) electrons. The van der Waals surface area contributed by atoms with Crippen LogP contribution < -0.4 is 10.2 Å². The van der Waals surface area contributed by atoms with Crippen LogP contribution in [0.4, 0.5) is 0 Å². The number of carbonyl (C=O) groups excluding carboxylic acids is 1. The van der Waals surface area contributed by atoms with Crippen LogP contribution in [0.2, 0.25) is 10.0 Å². The van der Waals surface area contributed by atoms with Gasteiger partial charge in [-0.25, -0.2) is 5.43 Å². The zero-order valence-corrected chi connectivity index (χ0v) is 18.4. The number of fused-ring (bicyclic) bond motifs is 1. The fraction of sp³-hybridized carbons (Fsp3) is 0.0526. The Bertz CT molecular complexity index is 1040. The summed E-state index contributed by atoms with van der Waals surface area (Å²) in [7, 11) is 0. The van der Waals surface area contributed by atoms with Crippen molar-refractivity contribution >= 4 is 78.0 Å². The highest BCUT2D eigenvalue weighted by Crippen LogP contribution is 2.34. The maximum atomic E-state index is 11.9. The number of halogens is 4. The maximum Gasteiger partial charge on any atom is 0.277 e. The van der Waals surface area contributed by atoms with Crippen LogP contribution in [-0.2, 0) is 4.79 Å². The van der Waals surface area contributed by atoms with Crippen LogP contribution in [0.15, 0.2) is 62.6 Å². The first-order chi connectivity index (χ1) is 13.0. The van der Waals surface area contributed by atoms with E-state index in [0.29, 0.717) is 21.4 Å². The second-order valence-corrected chi connectivity index (χ2v) is 7.96. The van der Waals surface area contributed by atoms with Gasteiger partial charge in [0.15, 0.2) is 6.61 Å². The number of nitrogens with zero attached hydrogens (tertiary/aromatic N) is 1. The molecule has 1 N–H and O–H groups in total. The minimum atomic E-state index is -0.396. The van der Waals surface area contributed by atoms with E-state index in [1.54, 1.807) is 24.3 Å². The molecule has 0 spiro atoms. The average molecular weight is 531 g/mol. The molecule has 1 amide bonds. The van der Waals surface area contributed by atoms with E-state index in [0.717, 1.165) is 19.7 Å². The summed E-state index contributed by atoms with van der Waals surface area (Å²) in [6.07, 6.45) is 1.43. The Balaban J connectivity index is 1.61. The molecule has 0 atom stereocenters. The summed E-state index contributed by atoms with van der Waals surface area (Å²) >= 11 is 19.0. The van der Waals surface area contributed by atoms with Crippen LogP contribution in [0, 0.1) is 0 Å². The number of hydrogen-bond acceptors (Lipinski definition) is 3. The van der Waals surface area contributed by atoms with Crippen LogP contribution >= 0.6 is 55.1 Å². The van der Waals surface area contributed by atoms with Gasteiger partial charge in [-0.1, -0.05) is 63.4 Å². The predicted molar refractivity (Wildman–Crippen MR) is 117 cm³/mol. The first-order valence-electron chi connectivity index (χ1n) is 7.72. The van der Waals surface area contributed by atoms with Gasteiger partial charge >= 0.3 is 0 Å². The first kappa shape index (κ1) is 20.1. The van der Waals surface area contributed by atoms with E-state index >= 15 is 0 Å². The number of benzene rings is 3. The third-order valence-electron chi connectivity index (χ3n) is 3.61. The van der Waals surface area contributed by atoms with Gasteiger partial charge in [0.05, 0.1) is 20.7 Å². The standard InChI is InChI=1S/C19H12Br2Cl2N2O2/c20-13-5-6-14-11(8-13)4-7-16(18(14)21)27-10-17(26)25-24-9-12-2-1-3-15(22)19(12)23/h1-9H,10H2,(H,25,26).